The molecular formula is C20H33ClIN5O2. The Kier molecular flexibility index (Phi) is 10.1. The molecule has 2 unspecified atom stereocenters. The summed E-state index contributed by atoms with van der Waals surface area (Å²) in [6.45, 7) is 8.10. The van der Waals surface area contributed by atoms with Crippen molar-refractivity contribution in [2.45, 2.75) is 25.5 Å². The van der Waals surface area contributed by atoms with E-state index in [0.717, 1.165) is 68.2 Å². The van der Waals surface area contributed by atoms with Crippen LogP contribution in [0.25, 0.3) is 0 Å². The van der Waals surface area contributed by atoms with Gasteiger partial charge in [0, 0.05) is 43.8 Å². The standard InChI is InChI=1S/C20H32ClN5O2.HI/c1-4-22-20(23-12-17-14-25(2)9-10-28-17)24-16-7-8-26(13-16)18-11-15(21)5-6-19(18)27-3;/h5-6,11,16-17H,4,7-10,12-14H2,1-3H3,(H2,22,23,24);1H. The molecule has 0 saturated carbocycles. The molecule has 2 atom stereocenters. The van der Waals surface area contributed by atoms with Crippen LogP contribution < -0.4 is 20.3 Å². The van der Waals surface area contributed by atoms with Crippen LogP contribution in [-0.2, 0) is 4.74 Å². The molecule has 164 valence electrons. The maximum Gasteiger partial charge on any atom is 0.191 e. The van der Waals surface area contributed by atoms with Gasteiger partial charge in [0.15, 0.2) is 5.96 Å². The van der Waals surface area contributed by atoms with E-state index in [1.165, 1.54) is 0 Å². The molecule has 0 bridgehead atoms. The van der Waals surface area contributed by atoms with Crippen molar-refractivity contribution < 1.29 is 9.47 Å². The molecule has 0 aromatic heterocycles. The van der Waals surface area contributed by atoms with Crippen molar-refractivity contribution in [3.8, 4) is 5.75 Å². The van der Waals surface area contributed by atoms with Crippen LogP contribution in [0.5, 0.6) is 5.75 Å². The molecule has 2 aliphatic heterocycles. The Morgan fingerprint density at radius 2 is 2.17 bits per heavy atom. The summed E-state index contributed by atoms with van der Waals surface area (Å²) in [7, 11) is 3.82. The van der Waals surface area contributed by atoms with E-state index in [4.69, 9.17) is 26.1 Å². The van der Waals surface area contributed by atoms with Crippen LogP contribution in [-0.4, -0.2) is 83.0 Å². The number of anilines is 1. The molecule has 0 spiro atoms. The molecule has 0 aliphatic carbocycles. The van der Waals surface area contributed by atoms with E-state index < -0.39 is 0 Å². The summed E-state index contributed by atoms with van der Waals surface area (Å²) in [5, 5.41) is 7.65. The Labute approximate surface area is 196 Å². The minimum atomic E-state index is 0. The molecule has 1 aromatic rings. The van der Waals surface area contributed by atoms with Crippen molar-refractivity contribution >= 4 is 47.2 Å². The Morgan fingerprint density at radius 1 is 1.34 bits per heavy atom. The number of hydrogen-bond donors (Lipinski definition) is 2. The normalized spacial score (nSPS) is 22.9. The van der Waals surface area contributed by atoms with Crippen molar-refractivity contribution in [3.63, 3.8) is 0 Å². The highest BCUT2D eigenvalue weighted by molar-refractivity contribution is 14.0. The lowest BCUT2D eigenvalue weighted by Crippen LogP contribution is -2.46. The predicted molar refractivity (Wildman–Crippen MR) is 130 cm³/mol. The number of aliphatic imine (C=N–C) groups is 1. The first-order valence-corrected chi connectivity index (χ1v) is 10.4. The van der Waals surface area contributed by atoms with E-state index in [2.05, 4.69) is 34.4 Å². The highest BCUT2D eigenvalue weighted by Gasteiger charge is 2.26. The van der Waals surface area contributed by atoms with Gasteiger partial charge < -0.3 is 29.9 Å². The summed E-state index contributed by atoms with van der Waals surface area (Å²) in [5.41, 5.74) is 1.04. The molecule has 0 amide bonds. The van der Waals surface area contributed by atoms with Gasteiger partial charge in [-0.25, -0.2) is 0 Å². The second kappa shape index (κ2) is 12.0. The summed E-state index contributed by atoms with van der Waals surface area (Å²) in [6.07, 6.45) is 1.19. The van der Waals surface area contributed by atoms with Gasteiger partial charge in [-0.2, -0.15) is 0 Å². The van der Waals surface area contributed by atoms with Crippen LogP contribution in [0.1, 0.15) is 13.3 Å². The van der Waals surface area contributed by atoms with Gasteiger partial charge in [0.05, 0.1) is 32.1 Å². The zero-order valence-electron chi connectivity index (χ0n) is 17.5. The van der Waals surface area contributed by atoms with Crippen molar-refractivity contribution in [1.82, 2.24) is 15.5 Å². The third kappa shape index (κ3) is 7.04. The first kappa shape index (κ1) is 24.3. The molecule has 2 N–H and O–H groups in total. The predicted octanol–water partition coefficient (Wildman–Crippen LogP) is 2.43. The lowest BCUT2D eigenvalue weighted by atomic mass is 10.2. The fourth-order valence-electron chi connectivity index (χ4n) is 3.69. The smallest absolute Gasteiger partial charge is 0.191 e. The Morgan fingerprint density at radius 3 is 2.90 bits per heavy atom. The van der Waals surface area contributed by atoms with Crippen LogP contribution in [0.15, 0.2) is 23.2 Å². The van der Waals surface area contributed by atoms with Crippen molar-refractivity contribution in [2.24, 2.45) is 4.99 Å². The summed E-state index contributed by atoms with van der Waals surface area (Å²) in [6, 6.07) is 6.07. The molecule has 9 heteroatoms. The molecule has 2 saturated heterocycles. The minimum absolute atomic E-state index is 0. The number of methoxy groups -OCH3 is 1. The maximum absolute atomic E-state index is 6.20. The van der Waals surface area contributed by atoms with Crippen molar-refractivity contribution in [1.29, 1.82) is 0 Å². The van der Waals surface area contributed by atoms with Crippen molar-refractivity contribution in [3.05, 3.63) is 23.2 Å². The molecule has 3 rings (SSSR count). The monoisotopic (exact) mass is 537 g/mol. The summed E-state index contributed by atoms with van der Waals surface area (Å²) < 4.78 is 11.3. The second-order valence-corrected chi connectivity index (χ2v) is 7.80. The molecular weight excluding hydrogens is 505 g/mol. The number of halogens is 2. The van der Waals surface area contributed by atoms with Crippen LogP contribution in [0, 0.1) is 0 Å². The highest BCUT2D eigenvalue weighted by atomic mass is 127. The molecule has 0 radical (unpaired) electrons. The number of guanidine groups is 1. The number of nitrogens with zero attached hydrogens (tertiary/aromatic N) is 3. The van der Waals surface area contributed by atoms with E-state index in [0.29, 0.717) is 12.6 Å². The average Bonchev–Trinajstić information content (AvgIpc) is 3.15. The number of likely N-dealkylation sites (N-methyl/N-ethyl adjacent to an activating group) is 1. The fraction of sp³-hybridized carbons (Fsp3) is 0.650. The zero-order chi connectivity index (χ0) is 19.9. The zero-order valence-corrected chi connectivity index (χ0v) is 20.6. The quantitative estimate of drug-likeness (QED) is 0.330. The second-order valence-electron chi connectivity index (χ2n) is 7.37. The summed E-state index contributed by atoms with van der Waals surface area (Å²) >= 11 is 6.20. The lowest BCUT2D eigenvalue weighted by molar-refractivity contribution is -0.0136. The summed E-state index contributed by atoms with van der Waals surface area (Å²) in [4.78, 5) is 9.36. The largest absolute Gasteiger partial charge is 0.495 e. The summed E-state index contributed by atoms with van der Waals surface area (Å²) in [5.74, 6) is 1.70. The SMILES string of the molecule is CCNC(=NCC1CN(C)CCO1)NC1CCN(c2cc(Cl)ccc2OC)C1.I. The number of ether oxygens (including phenoxy) is 2. The van der Waals surface area contributed by atoms with Crippen LogP contribution >= 0.6 is 35.6 Å². The number of morpholine rings is 1. The van der Waals surface area contributed by atoms with Crippen molar-refractivity contribution in [2.75, 3.05) is 64.9 Å². The Balaban J connectivity index is 0.00000300. The minimum Gasteiger partial charge on any atom is -0.495 e. The first-order chi connectivity index (χ1) is 13.6. The van der Waals surface area contributed by atoms with Gasteiger partial charge in [-0.1, -0.05) is 11.6 Å². The Bertz CT molecular complexity index is 678. The van der Waals surface area contributed by atoms with E-state index in [-0.39, 0.29) is 30.1 Å². The first-order valence-electron chi connectivity index (χ1n) is 10.0. The Hall–Kier alpha value is -0.970. The molecule has 29 heavy (non-hydrogen) atoms. The fourth-order valence-corrected chi connectivity index (χ4v) is 3.86. The lowest BCUT2D eigenvalue weighted by Gasteiger charge is -2.29. The van der Waals surface area contributed by atoms with Gasteiger partial charge >= 0.3 is 0 Å². The van der Waals surface area contributed by atoms with Gasteiger partial charge in [0.1, 0.15) is 5.75 Å². The number of benzene rings is 1. The topological polar surface area (TPSA) is 61.4 Å². The van der Waals surface area contributed by atoms with E-state index in [1.807, 2.05) is 18.2 Å². The average molecular weight is 538 g/mol. The molecule has 1 aromatic carbocycles. The van der Waals surface area contributed by atoms with E-state index in [9.17, 15) is 0 Å². The molecule has 2 aliphatic rings. The van der Waals surface area contributed by atoms with Gasteiger partial charge in [-0.3, -0.25) is 4.99 Å². The maximum atomic E-state index is 6.20. The number of rotatable bonds is 6. The van der Waals surface area contributed by atoms with E-state index >= 15 is 0 Å². The van der Waals surface area contributed by atoms with Gasteiger partial charge in [-0.05, 0) is 38.6 Å². The highest BCUT2D eigenvalue weighted by Crippen LogP contribution is 2.33. The molecule has 2 heterocycles. The van der Waals surface area contributed by atoms with E-state index in [1.54, 1.807) is 7.11 Å². The third-order valence-corrected chi connectivity index (χ3v) is 5.38. The molecule has 7 nitrogen and oxygen atoms in total. The van der Waals surface area contributed by atoms with Crippen LogP contribution in [0.4, 0.5) is 5.69 Å². The third-order valence-electron chi connectivity index (χ3n) is 5.15. The van der Waals surface area contributed by atoms with Crippen LogP contribution in [0.2, 0.25) is 5.02 Å². The molecule has 2 fully saturated rings. The van der Waals surface area contributed by atoms with Gasteiger partial charge in [-0.15, -0.1) is 24.0 Å². The van der Waals surface area contributed by atoms with Gasteiger partial charge in [0.25, 0.3) is 0 Å². The van der Waals surface area contributed by atoms with Gasteiger partial charge in [0.2, 0.25) is 0 Å². The van der Waals surface area contributed by atoms with Crippen LogP contribution in [0.3, 0.4) is 0 Å². The number of hydrogen-bond acceptors (Lipinski definition) is 5. The number of nitrogens with one attached hydrogen (secondary N) is 2.